The zero-order valence-electron chi connectivity index (χ0n) is 9.80. The van der Waals surface area contributed by atoms with Gasteiger partial charge in [-0.3, -0.25) is 0 Å². The van der Waals surface area contributed by atoms with Gasteiger partial charge in [0.15, 0.2) is 0 Å². The summed E-state index contributed by atoms with van der Waals surface area (Å²) in [5, 5.41) is 0. The van der Waals surface area contributed by atoms with Crippen molar-refractivity contribution >= 4 is 19.4 Å². The fraction of sp³-hybridized carbons (Fsp3) is 0.250. The Kier molecular flexibility index (Phi) is 3.31. The Morgan fingerprint density at radius 3 is 2.53 bits per heavy atom. The minimum atomic E-state index is 0.581. The molecule has 0 nitrogen and oxygen atoms in total. The molecule has 1 atom stereocenters. The molecule has 0 fully saturated rings. The SMILES string of the molecule is c1ccc([Se]C2CCCc3ccccc32)cc1. The van der Waals surface area contributed by atoms with Gasteiger partial charge in [-0.25, -0.2) is 0 Å². The molecule has 86 valence electrons. The first-order valence-electron chi connectivity index (χ1n) is 6.23. The monoisotopic (exact) mass is 288 g/mol. The number of hydrogen-bond donors (Lipinski definition) is 0. The summed E-state index contributed by atoms with van der Waals surface area (Å²) in [6, 6.07) is 20.0. The van der Waals surface area contributed by atoms with Crippen molar-refractivity contribution in [3.63, 3.8) is 0 Å². The van der Waals surface area contributed by atoms with Crippen molar-refractivity contribution in [3.05, 3.63) is 65.7 Å². The first kappa shape index (κ1) is 11.1. The minimum absolute atomic E-state index is 0.581. The fourth-order valence-electron chi connectivity index (χ4n) is 2.50. The summed E-state index contributed by atoms with van der Waals surface area (Å²) in [6.45, 7) is 0. The molecule has 1 unspecified atom stereocenters. The quantitative estimate of drug-likeness (QED) is 0.745. The van der Waals surface area contributed by atoms with Crippen LogP contribution in [0.15, 0.2) is 54.6 Å². The van der Waals surface area contributed by atoms with Crippen LogP contribution in [0.5, 0.6) is 0 Å². The third-order valence-corrected chi connectivity index (χ3v) is 6.10. The molecule has 0 heterocycles. The van der Waals surface area contributed by atoms with Crippen molar-refractivity contribution in [2.45, 2.75) is 24.1 Å². The van der Waals surface area contributed by atoms with E-state index < -0.39 is 0 Å². The summed E-state index contributed by atoms with van der Waals surface area (Å²) in [5.74, 6) is 0. The summed E-state index contributed by atoms with van der Waals surface area (Å²) in [7, 11) is 0. The van der Waals surface area contributed by atoms with Crippen molar-refractivity contribution in [3.8, 4) is 0 Å². The van der Waals surface area contributed by atoms with Crippen LogP contribution < -0.4 is 4.46 Å². The average molecular weight is 287 g/mol. The molecule has 2 aromatic carbocycles. The fourth-order valence-corrected chi connectivity index (χ4v) is 5.19. The van der Waals surface area contributed by atoms with Crippen LogP contribution in [0, 0.1) is 0 Å². The van der Waals surface area contributed by atoms with Gasteiger partial charge in [0.1, 0.15) is 0 Å². The third kappa shape index (κ3) is 2.46. The zero-order valence-corrected chi connectivity index (χ0v) is 11.5. The molecule has 0 spiro atoms. The number of rotatable bonds is 2. The molecule has 3 rings (SSSR count). The van der Waals surface area contributed by atoms with E-state index in [1.165, 1.54) is 23.7 Å². The summed E-state index contributed by atoms with van der Waals surface area (Å²) >= 11 is 0.581. The Morgan fingerprint density at radius 2 is 1.65 bits per heavy atom. The summed E-state index contributed by atoms with van der Waals surface area (Å²) < 4.78 is 1.53. The van der Waals surface area contributed by atoms with Gasteiger partial charge in [-0.05, 0) is 0 Å². The zero-order chi connectivity index (χ0) is 11.5. The maximum absolute atomic E-state index is 2.34. The van der Waals surface area contributed by atoms with Crippen molar-refractivity contribution in [1.29, 1.82) is 0 Å². The van der Waals surface area contributed by atoms with Gasteiger partial charge in [0.25, 0.3) is 0 Å². The molecule has 0 radical (unpaired) electrons. The first-order valence-corrected chi connectivity index (χ1v) is 8.07. The van der Waals surface area contributed by atoms with E-state index in [1.807, 2.05) is 0 Å². The van der Waals surface area contributed by atoms with E-state index in [0.717, 1.165) is 4.82 Å². The Balaban J connectivity index is 1.86. The Bertz CT molecular complexity index is 490. The maximum atomic E-state index is 2.34. The standard InChI is InChI=1S/C16H16Se/c1-2-9-14(10-3-1)17-16-12-6-8-13-7-4-5-11-15(13)16/h1-5,7,9-11,16H,6,8,12H2. The molecule has 0 saturated heterocycles. The molecule has 1 aliphatic carbocycles. The van der Waals surface area contributed by atoms with Crippen LogP contribution >= 0.6 is 0 Å². The number of fused-ring (bicyclic) bond motifs is 1. The van der Waals surface area contributed by atoms with Crippen LogP contribution in [-0.4, -0.2) is 15.0 Å². The summed E-state index contributed by atoms with van der Waals surface area (Å²) in [6.07, 6.45) is 4.00. The molecule has 0 aromatic heterocycles. The molecule has 17 heavy (non-hydrogen) atoms. The average Bonchev–Trinajstić information content (AvgIpc) is 2.40. The third-order valence-electron chi connectivity index (χ3n) is 3.34. The van der Waals surface area contributed by atoms with Gasteiger partial charge in [0, 0.05) is 0 Å². The van der Waals surface area contributed by atoms with Crippen LogP contribution in [-0.2, 0) is 6.42 Å². The number of benzene rings is 2. The van der Waals surface area contributed by atoms with Crippen LogP contribution in [0.4, 0.5) is 0 Å². The second-order valence-electron chi connectivity index (χ2n) is 4.51. The van der Waals surface area contributed by atoms with Crippen molar-refractivity contribution in [2.75, 3.05) is 0 Å². The van der Waals surface area contributed by atoms with Crippen LogP contribution in [0.3, 0.4) is 0 Å². The van der Waals surface area contributed by atoms with Crippen LogP contribution in [0.25, 0.3) is 0 Å². The molecule has 1 aliphatic rings. The van der Waals surface area contributed by atoms with Gasteiger partial charge in [-0.1, -0.05) is 0 Å². The second kappa shape index (κ2) is 5.08. The molecule has 1 heteroatoms. The van der Waals surface area contributed by atoms with Gasteiger partial charge in [0.05, 0.1) is 0 Å². The normalized spacial score (nSPS) is 18.7. The van der Waals surface area contributed by atoms with Gasteiger partial charge >= 0.3 is 109 Å². The van der Waals surface area contributed by atoms with Crippen molar-refractivity contribution < 1.29 is 0 Å². The van der Waals surface area contributed by atoms with E-state index in [1.54, 1.807) is 11.1 Å². The van der Waals surface area contributed by atoms with Gasteiger partial charge < -0.3 is 0 Å². The van der Waals surface area contributed by atoms with Gasteiger partial charge in [-0.2, -0.15) is 0 Å². The predicted molar refractivity (Wildman–Crippen MR) is 74.0 cm³/mol. The number of aryl methyl sites for hydroxylation is 1. The Morgan fingerprint density at radius 1 is 0.882 bits per heavy atom. The van der Waals surface area contributed by atoms with Crippen LogP contribution in [0.2, 0.25) is 0 Å². The van der Waals surface area contributed by atoms with Crippen molar-refractivity contribution in [2.24, 2.45) is 0 Å². The Hall–Kier alpha value is -1.04. The van der Waals surface area contributed by atoms with E-state index >= 15 is 0 Å². The van der Waals surface area contributed by atoms with E-state index in [2.05, 4.69) is 54.6 Å². The summed E-state index contributed by atoms with van der Waals surface area (Å²) in [4.78, 5) is 0.787. The molecule has 0 saturated carbocycles. The van der Waals surface area contributed by atoms with E-state index in [0.29, 0.717) is 15.0 Å². The molecule has 2 aromatic rings. The Labute approximate surface area is 109 Å². The molecule has 0 amide bonds. The van der Waals surface area contributed by atoms with E-state index in [9.17, 15) is 0 Å². The summed E-state index contributed by atoms with van der Waals surface area (Å²) in [5.41, 5.74) is 3.20. The molecular weight excluding hydrogens is 271 g/mol. The predicted octanol–water partition coefficient (Wildman–Crippen LogP) is 3.09. The van der Waals surface area contributed by atoms with Gasteiger partial charge in [-0.15, -0.1) is 0 Å². The molecule has 0 aliphatic heterocycles. The van der Waals surface area contributed by atoms with E-state index in [-0.39, 0.29) is 0 Å². The molecule has 0 bridgehead atoms. The number of hydrogen-bond acceptors (Lipinski definition) is 0. The molecule has 0 N–H and O–H groups in total. The van der Waals surface area contributed by atoms with Gasteiger partial charge in [0.2, 0.25) is 0 Å². The topological polar surface area (TPSA) is 0 Å². The first-order chi connectivity index (χ1) is 8.43. The van der Waals surface area contributed by atoms with Crippen molar-refractivity contribution in [1.82, 2.24) is 0 Å². The molecular formula is C16H16Se. The van der Waals surface area contributed by atoms with Crippen LogP contribution in [0.1, 0.15) is 28.8 Å². The second-order valence-corrected chi connectivity index (χ2v) is 7.19. The van der Waals surface area contributed by atoms with E-state index in [4.69, 9.17) is 0 Å².